The molecule has 0 spiro atoms. The van der Waals surface area contributed by atoms with Crippen LogP contribution in [0.1, 0.15) is 5.82 Å². The molecule has 0 saturated heterocycles. The van der Waals surface area contributed by atoms with Crippen molar-refractivity contribution >= 4 is 11.0 Å². The molecule has 0 aliphatic heterocycles. The van der Waals surface area contributed by atoms with Crippen molar-refractivity contribution in [1.29, 1.82) is 0 Å². The number of aryl methyl sites for hydroxylation is 1. The molecule has 0 unspecified atom stereocenters. The van der Waals surface area contributed by atoms with Crippen molar-refractivity contribution in [2.45, 2.75) is 6.92 Å². The smallest absolute Gasteiger partial charge is 0.323 e. The zero-order chi connectivity index (χ0) is 16.7. The van der Waals surface area contributed by atoms with Crippen molar-refractivity contribution in [3.8, 4) is 22.8 Å². The van der Waals surface area contributed by atoms with Crippen molar-refractivity contribution in [2.75, 3.05) is 7.11 Å². The molecule has 0 atom stereocenters. The average Bonchev–Trinajstić information content (AvgIpc) is 3.15. The maximum absolute atomic E-state index is 11.4. The van der Waals surface area contributed by atoms with E-state index in [1.165, 1.54) is 0 Å². The Morgan fingerprint density at radius 1 is 1.04 bits per heavy atom. The number of imidazole rings is 1. The summed E-state index contributed by atoms with van der Waals surface area (Å²) in [5, 5.41) is 4.48. The average molecular weight is 321 g/mol. The third-order valence-corrected chi connectivity index (χ3v) is 3.80. The lowest BCUT2D eigenvalue weighted by atomic mass is 10.2. The number of benzene rings is 2. The van der Waals surface area contributed by atoms with Crippen LogP contribution in [-0.2, 0) is 0 Å². The Morgan fingerprint density at radius 2 is 1.79 bits per heavy atom. The first-order valence-electron chi connectivity index (χ1n) is 7.44. The molecule has 0 aliphatic carbocycles. The minimum atomic E-state index is -0.227. The first-order chi connectivity index (χ1) is 11.6. The molecular formula is C17H15N5O2. The fraction of sp³-hybridized carbons (Fsp3) is 0.118. The molecule has 4 rings (SSSR count). The number of ether oxygens (including phenoxy) is 1. The number of methoxy groups -OCH3 is 1. The predicted octanol–water partition coefficient (Wildman–Crippen LogP) is 2.42. The van der Waals surface area contributed by atoms with Crippen LogP contribution in [0.15, 0.2) is 47.3 Å². The molecule has 0 saturated carbocycles. The summed E-state index contributed by atoms with van der Waals surface area (Å²) in [4.78, 5) is 21.5. The molecule has 4 aromatic rings. The molecule has 7 heteroatoms. The second-order valence-electron chi connectivity index (χ2n) is 5.43. The largest absolute Gasteiger partial charge is 0.497 e. The summed E-state index contributed by atoms with van der Waals surface area (Å²) >= 11 is 0. The van der Waals surface area contributed by atoms with Crippen LogP contribution in [0.25, 0.3) is 28.1 Å². The lowest BCUT2D eigenvalue weighted by Gasteiger charge is -2.07. The van der Waals surface area contributed by atoms with E-state index in [9.17, 15) is 4.79 Å². The molecular weight excluding hydrogens is 306 g/mol. The number of fused-ring (bicyclic) bond motifs is 1. The van der Waals surface area contributed by atoms with Gasteiger partial charge in [-0.1, -0.05) is 0 Å². The highest BCUT2D eigenvalue weighted by molar-refractivity contribution is 5.80. The number of hydrogen-bond acceptors (Lipinski definition) is 4. The van der Waals surface area contributed by atoms with Gasteiger partial charge in [0.25, 0.3) is 0 Å². The predicted molar refractivity (Wildman–Crippen MR) is 90.6 cm³/mol. The zero-order valence-electron chi connectivity index (χ0n) is 13.2. The number of H-pyrrole nitrogens is 2. The van der Waals surface area contributed by atoms with E-state index in [-0.39, 0.29) is 5.69 Å². The Labute approximate surface area is 136 Å². The van der Waals surface area contributed by atoms with Gasteiger partial charge in [-0.3, -0.25) is 0 Å². The maximum atomic E-state index is 11.4. The number of nitrogens with one attached hydrogen (secondary N) is 2. The molecule has 7 nitrogen and oxygen atoms in total. The molecule has 0 aliphatic rings. The van der Waals surface area contributed by atoms with E-state index in [0.29, 0.717) is 11.6 Å². The maximum Gasteiger partial charge on any atom is 0.323 e. The first kappa shape index (κ1) is 14.3. The van der Waals surface area contributed by atoms with Gasteiger partial charge >= 0.3 is 5.69 Å². The van der Waals surface area contributed by atoms with Gasteiger partial charge in [0.15, 0.2) is 5.82 Å². The van der Waals surface area contributed by atoms with E-state index in [1.807, 2.05) is 49.4 Å². The van der Waals surface area contributed by atoms with Crippen LogP contribution in [0.5, 0.6) is 5.75 Å². The number of aromatic nitrogens is 5. The number of hydrogen-bond donors (Lipinski definition) is 2. The van der Waals surface area contributed by atoms with Crippen molar-refractivity contribution in [2.24, 2.45) is 0 Å². The minimum Gasteiger partial charge on any atom is -0.497 e. The van der Waals surface area contributed by atoms with Crippen LogP contribution in [0.3, 0.4) is 0 Å². The SMILES string of the molecule is COc1ccc(-n2nc(C)nc2-c2ccc3[nH]c(=O)[nH]c3c2)cc1. The van der Waals surface area contributed by atoms with E-state index in [0.717, 1.165) is 28.0 Å². The highest BCUT2D eigenvalue weighted by Gasteiger charge is 2.13. The van der Waals surface area contributed by atoms with Crippen LogP contribution in [0, 0.1) is 6.92 Å². The van der Waals surface area contributed by atoms with Gasteiger partial charge in [0.05, 0.1) is 23.8 Å². The van der Waals surface area contributed by atoms with Gasteiger partial charge in [0.2, 0.25) is 0 Å². The topological polar surface area (TPSA) is 88.6 Å². The second kappa shape index (κ2) is 5.38. The third kappa shape index (κ3) is 2.36. The molecule has 2 heterocycles. The van der Waals surface area contributed by atoms with Gasteiger partial charge in [0.1, 0.15) is 11.6 Å². The van der Waals surface area contributed by atoms with Crippen LogP contribution in [0.4, 0.5) is 0 Å². The van der Waals surface area contributed by atoms with Gasteiger partial charge in [-0.2, -0.15) is 5.10 Å². The van der Waals surface area contributed by atoms with Gasteiger partial charge in [-0.05, 0) is 49.4 Å². The van der Waals surface area contributed by atoms with Crippen LogP contribution in [0.2, 0.25) is 0 Å². The molecule has 0 fully saturated rings. The Hall–Kier alpha value is -3.35. The van der Waals surface area contributed by atoms with Crippen molar-refractivity contribution in [3.05, 3.63) is 58.8 Å². The van der Waals surface area contributed by atoms with E-state index in [1.54, 1.807) is 11.8 Å². The number of aromatic amines is 2. The Balaban J connectivity index is 1.86. The summed E-state index contributed by atoms with van der Waals surface area (Å²) in [6, 6.07) is 13.3. The standard InChI is InChI=1S/C17H15N5O2/c1-10-18-16(11-3-8-14-15(9-11)20-17(23)19-14)22(21-10)12-4-6-13(24-2)7-5-12/h3-9H,1-2H3,(H2,19,20,23). The highest BCUT2D eigenvalue weighted by atomic mass is 16.5. The summed E-state index contributed by atoms with van der Waals surface area (Å²) in [5.41, 5.74) is 3.02. The van der Waals surface area contributed by atoms with E-state index in [4.69, 9.17) is 4.74 Å². The second-order valence-corrected chi connectivity index (χ2v) is 5.43. The van der Waals surface area contributed by atoms with Crippen LogP contribution < -0.4 is 10.4 Å². The number of rotatable bonds is 3. The Morgan fingerprint density at radius 3 is 2.54 bits per heavy atom. The molecule has 24 heavy (non-hydrogen) atoms. The fourth-order valence-electron chi connectivity index (χ4n) is 2.68. The van der Waals surface area contributed by atoms with Crippen LogP contribution in [-0.4, -0.2) is 31.8 Å². The normalized spacial score (nSPS) is 11.1. The Bertz CT molecular complexity index is 1070. The zero-order valence-corrected chi connectivity index (χ0v) is 13.2. The van der Waals surface area contributed by atoms with Crippen LogP contribution >= 0.6 is 0 Å². The van der Waals surface area contributed by atoms with E-state index >= 15 is 0 Å². The Kier molecular flexibility index (Phi) is 3.19. The quantitative estimate of drug-likeness (QED) is 0.606. The summed E-state index contributed by atoms with van der Waals surface area (Å²) in [7, 11) is 1.63. The van der Waals surface area contributed by atoms with Crippen molar-refractivity contribution < 1.29 is 4.74 Å². The summed E-state index contributed by atoms with van der Waals surface area (Å²) in [5.74, 6) is 2.16. The molecule has 0 radical (unpaired) electrons. The van der Waals surface area contributed by atoms with Gasteiger partial charge in [0, 0.05) is 5.56 Å². The van der Waals surface area contributed by atoms with Gasteiger partial charge < -0.3 is 14.7 Å². The molecule has 0 bridgehead atoms. The molecule has 0 amide bonds. The fourth-order valence-corrected chi connectivity index (χ4v) is 2.68. The van der Waals surface area contributed by atoms with Gasteiger partial charge in [-0.25, -0.2) is 14.5 Å². The van der Waals surface area contributed by atoms with Crippen molar-refractivity contribution in [3.63, 3.8) is 0 Å². The number of nitrogens with zero attached hydrogens (tertiary/aromatic N) is 3. The van der Waals surface area contributed by atoms with E-state index < -0.39 is 0 Å². The summed E-state index contributed by atoms with van der Waals surface area (Å²) < 4.78 is 6.97. The molecule has 2 N–H and O–H groups in total. The first-order valence-corrected chi connectivity index (χ1v) is 7.44. The van der Waals surface area contributed by atoms with Gasteiger partial charge in [-0.15, -0.1) is 0 Å². The highest BCUT2D eigenvalue weighted by Crippen LogP contribution is 2.24. The van der Waals surface area contributed by atoms with E-state index in [2.05, 4.69) is 20.1 Å². The molecule has 2 aromatic carbocycles. The summed E-state index contributed by atoms with van der Waals surface area (Å²) in [6.07, 6.45) is 0. The monoisotopic (exact) mass is 321 g/mol. The summed E-state index contributed by atoms with van der Waals surface area (Å²) in [6.45, 7) is 1.85. The third-order valence-electron chi connectivity index (χ3n) is 3.80. The molecule has 2 aromatic heterocycles. The molecule has 120 valence electrons. The lowest BCUT2D eigenvalue weighted by molar-refractivity contribution is 0.414. The minimum absolute atomic E-state index is 0.227. The van der Waals surface area contributed by atoms with Crippen molar-refractivity contribution in [1.82, 2.24) is 24.7 Å². The lowest BCUT2D eigenvalue weighted by Crippen LogP contribution is -2.00.